The number of ether oxygens (including phenoxy) is 4. The van der Waals surface area contributed by atoms with Crippen LogP contribution in [0.25, 0.3) is 22.3 Å². The van der Waals surface area contributed by atoms with Crippen LogP contribution in [0.15, 0.2) is 334 Å². The van der Waals surface area contributed by atoms with E-state index in [1.807, 2.05) is 259 Å². The van der Waals surface area contributed by atoms with Crippen LogP contribution in [0.3, 0.4) is 0 Å². The van der Waals surface area contributed by atoms with Crippen LogP contribution < -0.4 is 51.5 Å². The van der Waals surface area contributed by atoms with Crippen LogP contribution in [-0.4, -0.2) is 68.9 Å². The van der Waals surface area contributed by atoms with Gasteiger partial charge >= 0.3 is 0 Å². The molecule has 0 fully saturated rings. The summed E-state index contributed by atoms with van der Waals surface area (Å²) in [5, 5.41) is 28.8. The Morgan fingerprint density at radius 2 is 0.595 bits per heavy atom. The second-order valence-electron chi connectivity index (χ2n) is 29.0. The van der Waals surface area contributed by atoms with Gasteiger partial charge in [0.2, 0.25) is 16.3 Å². The van der Waals surface area contributed by atoms with Crippen LogP contribution >= 0.6 is 67.8 Å². The molecule has 0 saturated carbocycles. The lowest BCUT2D eigenvalue weighted by Crippen LogP contribution is -2.16. The van der Waals surface area contributed by atoms with Gasteiger partial charge in [-0.15, -0.1) is 0 Å². The highest BCUT2D eigenvalue weighted by Crippen LogP contribution is 2.35. The number of para-hydroxylation sites is 2. The molecule has 0 bridgehead atoms. The summed E-state index contributed by atoms with van der Waals surface area (Å²) in [4.78, 5) is 94.0. The lowest BCUT2D eigenvalue weighted by Gasteiger charge is -2.16. The molecular weight excluding hydrogens is 1930 g/mol. The minimum absolute atomic E-state index is 0.0510. The quantitative estimate of drug-likeness (QED) is 0.0323. The molecule has 0 unspecified atom stereocenters. The first kappa shape index (κ1) is 95.0. The Morgan fingerprint density at radius 3 is 0.968 bits per heavy atom. The maximum absolute atomic E-state index is 12.6. The van der Waals surface area contributed by atoms with Crippen molar-refractivity contribution in [1.82, 2.24) is 27.8 Å². The van der Waals surface area contributed by atoms with Crippen LogP contribution in [0.5, 0.6) is 40.2 Å². The number of aldehydes is 2. The Morgan fingerprint density at radius 1 is 0.294 bits per heavy atom. The van der Waals surface area contributed by atoms with E-state index in [0.717, 1.165) is 67.1 Å². The number of aromatic hydroxyl groups is 3. The van der Waals surface area contributed by atoms with Crippen LogP contribution in [0, 0.1) is 45.3 Å². The molecule has 21 nitrogen and oxygen atoms in total. The zero-order chi connectivity index (χ0) is 90.2. The number of aryl methyl sites for hydroxylation is 5. The standard InChI is InChI=1S/C28H27NO3.C20H18INO2.C20H19NO4.C14H12INO2.C13H12INO2.C7H7NO2/c1-3-31-26-16-10-9-15-25(26)24-14-8-7-13-23(24)18-29-17-21(2)28(30)27(19-29)32-20-22-11-5-4-6-12-22;1-15-11-22(12-17-9-5-6-10-18(17)21)13-19(20(15)23)24-14-16-7-3-2-4-8-16;1-2-25-19-10-6-5-9-16(19)15-8-4-3-7-14(15)11-21-12-17(22)20(24)18(23)13-21;1-10-6-16(8-12(9-17)14(10)18)7-11-4-2-3-5-13(11)15;1-9-6-15(8-12(16)13(9)17)7-10-4-2-3-5-11(10)14;1-5-2-8-3-6(4-9)7(5)10/h4-17,19H,3,18,20H2,1-2H3;2-11,13H,12,14H2,1H3;3-10,12-13,22-23H,2,11H2,1H3;2-6,8-9H,7H2,1H3;2-6,8,16H,7H2,1H3;2-4H,1H3,(H,8,10). The van der Waals surface area contributed by atoms with Crippen molar-refractivity contribution in [3.8, 4) is 62.5 Å². The van der Waals surface area contributed by atoms with E-state index in [9.17, 15) is 53.7 Å². The smallest absolute Gasteiger partial charge is 0.264 e. The maximum Gasteiger partial charge on any atom is 0.264 e. The average molecular weight is 2030 g/mol. The first-order chi connectivity index (χ1) is 60.8. The van der Waals surface area contributed by atoms with Gasteiger partial charge in [0, 0.05) is 126 Å². The zero-order valence-corrected chi connectivity index (χ0v) is 77.0. The summed E-state index contributed by atoms with van der Waals surface area (Å²) in [5.41, 5.74) is 13.7. The highest BCUT2D eigenvalue weighted by atomic mass is 127. The van der Waals surface area contributed by atoms with E-state index in [2.05, 4.69) is 103 Å². The molecule has 0 saturated heterocycles. The fourth-order valence-corrected chi connectivity index (χ4v) is 14.9. The molecule has 0 amide bonds. The van der Waals surface area contributed by atoms with Gasteiger partial charge in [-0.25, -0.2) is 0 Å². The van der Waals surface area contributed by atoms with E-state index in [-0.39, 0.29) is 44.0 Å². The van der Waals surface area contributed by atoms with Crippen molar-refractivity contribution in [2.24, 2.45) is 0 Å². The minimum atomic E-state index is -0.772. The van der Waals surface area contributed by atoms with Crippen molar-refractivity contribution in [3.05, 3.63) is 455 Å². The number of aromatic nitrogens is 6. The normalized spacial score (nSPS) is 10.5. The summed E-state index contributed by atoms with van der Waals surface area (Å²) in [5.74, 6) is 1.26. The number of rotatable bonds is 24. The van der Waals surface area contributed by atoms with Crippen molar-refractivity contribution in [3.63, 3.8) is 0 Å². The maximum atomic E-state index is 12.6. The molecule has 0 spiro atoms. The Hall–Kier alpha value is -13.2. The Balaban J connectivity index is 0.000000162. The second-order valence-corrected chi connectivity index (χ2v) is 32.5. The number of halogens is 3. The molecule has 0 aliphatic rings. The largest absolute Gasteiger partial charge is 0.503 e. The van der Waals surface area contributed by atoms with E-state index >= 15 is 0 Å². The molecule has 644 valence electrons. The molecule has 15 rings (SSSR count). The number of hydrogen-bond acceptors (Lipinski definition) is 15. The van der Waals surface area contributed by atoms with E-state index in [1.54, 1.807) is 62.5 Å². The first-order valence-electron chi connectivity index (χ1n) is 40.2. The molecule has 6 heterocycles. The molecular formula is C102H95I3N6O15. The van der Waals surface area contributed by atoms with Gasteiger partial charge in [-0.05, 0) is 197 Å². The first-order valence-corrected chi connectivity index (χ1v) is 43.4. The Kier molecular flexibility index (Phi) is 35.9. The number of aromatic amines is 1. The molecule has 24 heteroatoms. The van der Waals surface area contributed by atoms with Crippen molar-refractivity contribution in [1.29, 1.82) is 0 Å². The highest BCUT2D eigenvalue weighted by Gasteiger charge is 2.17. The van der Waals surface area contributed by atoms with Crippen LogP contribution in [0.2, 0.25) is 0 Å². The number of hydrogen-bond donors (Lipinski definition) is 4. The van der Waals surface area contributed by atoms with Gasteiger partial charge in [-0.3, -0.25) is 38.4 Å². The van der Waals surface area contributed by atoms with Crippen molar-refractivity contribution in [2.75, 3.05) is 13.2 Å². The topological polar surface area (TPSA) is 275 Å². The van der Waals surface area contributed by atoms with Gasteiger partial charge in [0.25, 0.3) is 5.43 Å². The third-order valence-corrected chi connectivity index (χ3v) is 22.7. The predicted octanol–water partition coefficient (Wildman–Crippen LogP) is 19.2. The van der Waals surface area contributed by atoms with Crippen LogP contribution in [0.1, 0.15) is 101 Å². The van der Waals surface area contributed by atoms with Gasteiger partial charge in [-0.1, -0.05) is 200 Å². The molecule has 0 aliphatic carbocycles. The molecule has 0 atom stereocenters. The summed E-state index contributed by atoms with van der Waals surface area (Å²) in [6.45, 7) is 17.6. The molecule has 126 heavy (non-hydrogen) atoms. The van der Waals surface area contributed by atoms with Gasteiger partial charge in [-0.2, -0.15) is 0 Å². The number of benzene rings is 9. The van der Waals surface area contributed by atoms with E-state index in [1.165, 1.54) is 41.1 Å². The second kappa shape index (κ2) is 47.6. The summed E-state index contributed by atoms with van der Waals surface area (Å²) < 4.78 is 36.1. The lowest BCUT2D eigenvalue weighted by atomic mass is 9.98. The molecule has 0 radical (unpaired) electrons. The third kappa shape index (κ3) is 27.2. The fourth-order valence-electron chi connectivity index (χ4n) is 13.2. The van der Waals surface area contributed by atoms with Gasteiger partial charge in [0.15, 0.2) is 52.2 Å². The summed E-state index contributed by atoms with van der Waals surface area (Å²) in [6.07, 6.45) is 20.7. The fraction of sp³-hybridized carbons (Fsp3) is 0.157. The minimum Gasteiger partial charge on any atom is -0.503 e. The molecule has 6 aromatic heterocycles. The van der Waals surface area contributed by atoms with Crippen molar-refractivity contribution in [2.45, 2.75) is 94.4 Å². The summed E-state index contributed by atoms with van der Waals surface area (Å²) in [7, 11) is 0. The Labute approximate surface area is 770 Å². The SMILES string of the molecule is CCOc1ccccc1-c1ccccc1Cn1cc(C)c(=O)c(OCc2ccccc2)c1.CCOc1ccccc1-c1ccccc1Cn1cc(O)c(=O)c(O)c1.Cc1c[nH]cc(C=O)c1=O.Cc1cn(Cc2ccccc2I)cc(C=O)c1=O.Cc1cn(Cc2ccccc2I)cc(O)c1=O.Cc1cn(Cc2ccccc2I)cc(OCc2ccccc2)c1=O. The van der Waals surface area contributed by atoms with Crippen molar-refractivity contribution >= 4 is 80.3 Å². The molecule has 15 aromatic rings. The van der Waals surface area contributed by atoms with Crippen LogP contribution in [-0.2, 0) is 45.9 Å². The lowest BCUT2D eigenvalue weighted by molar-refractivity contribution is 0.111. The summed E-state index contributed by atoms with van der Waals surface area (Å²) in [6, 6.07) is 76.0. The number of H-pyrrole nitrogens is 1. The van der Waals surface area contributed by atoms with Gasteiger partial charge in [0.05, 0.1) is 55.3 Å². The number of pyridine rings is 6. The Bertz CT molecular complexity index is 6570. The number of nitrogens with one attached hydrogen (secondary N) is 1. The zero-order valence-electron chi connectivity index (χ0n) is 70.5. The van der Waals surface area contributed by atoms with Crippen molar-refractivity contribution < 1.29 is 43.9 Å². The third-order valence-electron chi connectivity index (χ3n) is 19.5. The molecule has 0 aliphatic heterocycles. The number of carbonyl (C=O) groups is 2. The number of nitrogens with zero attached hydrogens (tertiary/aromatic N) is 5. The molecule has 9 aromatic carbocycles. The summed E-state index contributed by atoms with van der Waals surface area (Å²) >= 11 is 6.88. The van der Waals surface area contributed by atoms with E-state index < -0.39 is 16.9 Å². The highest BCUT2D eigenvalue weighted by molar-refractivity contribution is 14.1. The monoisotopic (exact) mass is 2020 g/mol. The molecule has 4 N–H and O–H groups in total. The van der Waals surface area contributed by atoms with Gasteiger partial charge < -0.3 is 62.1 Å². The number of carbonyl (C=O) groups excluding carboxylic acids is 2. The average Bonchev–Trinajstić information content (AvgIpc) is 0.813. The van der Waals surface area contributed by atoms with Gasteiger partial charge in [0.1, 0.15) is 24.7 Å². The van der Waals surface area contributed by atoms with Crippen LogP contribution in [0.4, 0.5) is 0 Å². The van der Waals surface area contributed by atoms with E-state index in [4.69, 9.17) is 18.9 Å². The van der Waals surface area contributed by atoms with E-state index in [0.29, 0.717) is 111 Å². The predicted molar refractivity (Wildman–Crippen MR) is 521 cm³/mol.